The molecule has 4 rings (SSSR count). The van der Waals surface area contributed by atoms with Gasteiger partial charge in [0.15, 0.2) is 5.16 Å². The fraction of sp³-hybridized carbons (Fsp3) is 0.438. The van der Waals surface area contributed by atoms with Gasteiger partial charge < -0.3 is 10.3 Å². The maximum absolute atomic E-state index is 6.25. The molecular weight excluding hydrogens is 328 g/mol. The molecule has 7 heteroatoms. The molecule has 0 radical (unpaired) electrons. The number of nitrogens with two attached hydrogens (primary N) is 1. The van der Waals surface area contributed by atoms with Crippen molar-refractivity contribution in [3.05, 3.63) is 27.5 Å². The van der Waals surface area contributed by atoms with Gasteiger partial charge in [-0.15, -0.1) is 11.3 Å². The van der Waals surface area contributed by atoms with E-state index >= 15 is 0 Å². The highest BCUT2D eigenvalue weighted by Gasteiger charge is 2.20. The van der Waals surface area contributed by atoms with E-state index in [1.165, 1.54) is 23.3 Å². The summed E-state index contributed by atoms with van der Waals surface area (Å²) in [6.07, 6.45) is 4.76. The average Bonchev–Trinajstić information content (AvgIpc) is 3.06. The molecule has 0 spiro atoms. The van der Waals surface area contributed by atoms with Crippen molar-refractivity contribution in [1.82, 2.24) is 15.1 Å². The van der Waals surface area contributed by atoms with Crippen LogP contribution in [0.15, 0.2) is 9.68 Å². The number of hydrogen-bond acceptors (Lipinski definition) is 7. The number of nitrogen functional groups attached to an aromatic ring is 1. The van der Waals surface area contributed by atoms with Crippen LogP contribution in [0, 0.1) is 13.8 Å². The lowest BCUT2D eigenvalue weighted by Gasteiger charge is -2.10. The van der Waals surface area contributed by atoms with E-state index < -0.39 is 0 Å². The Balaban J connectivity index is 1.66. The third-order valence-electron chi connectivity index (χ3n) is 4.35. The first-order valence-corrected chi connectivity index (χ1v) is 9.56. The fourth-order valence-corrected chi connectivity index (χ4v) is 5.41. The summed E-state index contributed by atoms with van der Waals surface area (Å²) in [6.45, 7) is 3.89. The van der Waals surface area contributed by atoms with E-state index in [-0.39, 0.29) is 0 Å². The average molecular weight is 346 g/mol. The van der Waals surface area contributed by atoms with Gasteiger partial charge in [-0.05, 0) is 45.1 Å². The zero-order valence-electron chi connectivity index (χ0n) is 13.2. The van der Waals surface area contributed by atoms with Crippen molar-refractivity contribution in [3.8, 4) is 0 Å². The van der Waals surface area contributed by atoms with Gasteiger partial charge in [0.1, 0.15) is 16.4 Å². The van der Waals surface area contributed by atoms with Gasteiger partial charge in [0.2, 0.25) is 0 Å². The second kappa shape index (κ2) is 5.79. The van der Waals surface area contributed by atoms with Gasteiger partial charge in [-0.2, -0.15) is 0 Å². The van der Waals surface area contributed by atoms with Crippen molar-refractivity contribution >= 4 is 39.1 Å². The Morgan fingerprint density at radius 2 is 2.04 bits per heavy atom. The molecule has 0 amide bonds. The maximum Gasteiger partial charge on any atom is 0.191 e. The standard InChI is InChI=1S/C16H18N4OS2/c1-8-11(9(2)21-20-8)7-22-16-18-14(17)13-10-5-3-4-6-12(10)23-15(13)19-16/h3-7H2,1-2H3,(H2,17,18,19). The number of nitrogens with zero attached hydrogens (tertiary/aromatic N) is 3. The molecule has 0 saturated heterocycles. The number of thioether (sulfide) groups is 1. The normalized spacial score (nSPS) is 14.3. The topological polar surface area (TPSA) is 77.8 Å². The highest BCUT2D eigenvalue weighted by Crippen LogP contribution is 2.38. The zero-order valence-corrected chi connectivity index (χ0v) is 14.8. The molecule has 120 valence electrons. The number of thiophene rings is 1. The van der Waals surface area contributed by atoms with Gasteiger partial charge in [0, 0.05) is 16.2 Å². The summed E-state index contributed by atoms with van der Waals surface area (Å²) in [4.78, 5) is 11.7. The Kier molecular flexibility index (Phi) is 3.77. The number of aryl methyl sites for hydroxylation is 4. The summed E-state index contributed by atoms with van der Waals surface area (Å²) in [5, 5.41) is 5.81. The number of rotatable bonds is 3. The van der Waals surface area contributed by atoms with E-state index in [1.807, 2.05) is 13.8 Å². The zero-order chi connectivity index (χ0) is 16.0. The van der Waals surface area contributed by atoms with Gasteiger partial charge in [-0.3, -0.25) is 0 Å². The minimum absolute atomic E-state index is 0.621. The van der Waals surface area contributed by atoms with Crippen LogP contribution in [0.1, 0.15) is 40.3 Å². The Morgan fingerprint density at radius 3 is 2.83 bits per heavy atom. The number of anilines is 1. The molecule has 1 aliphatic rings. The maximum atomic E-state index is 6.25. The summed E-state index contributed by atoms with van der Waals surface area (Å²) in [7, 11) is 0. The van der Waals surface area contributed by atoms with Gasteiger partial charge in [-0.25, -0.2) is 9.97 Å². The van der Waals surface area contributed by atoms with E-state index in [0.717, 1.165) is 51.0 Å². The number of hydrogen-bond donors (Lipinski definition) is 1. The predicted molar refractivity (Wildman–Crippen MR) is 94.0 cm³/mol. The molecular formula is C16H18N4OS2. The lowest BCUT2D eigenvalue weighted by molar-refractivity contribution is 0.392. The van der Waals surface area contributed by atoms with Gasteiger partial charge in [0.25, 0.3) is 0 Å². The van der Waals surface area contributed by atoms with E-state index in [9.17, 15) is 0 Å². The largest absolute Gasteiger partial charge is 0.383 e. The van der Waals surface area contributed by atoms with Crippen molar-refractivity contribution in [2.45, 2.75) is 50.4 Å². The van der Waals surface area contributed by atoms with Crippen LogP contribution >= 0.6 is 23.1 Å². The highest BCUT2D eigenvalue weighted by atomic mass is 32.2. The Hall–Kier alpha value is -1.60. The lowest BCUT2D eigenvalue weighted by Crippen LogP contribution is -2.01. The number of fused-ring (bicyclic) bond motifs is 3. The van der Waals surface area contributed by atoms with Crippen molar-refractivity contribution in [2.75, 3.05) is 5.73 Å². The van der Waals surface area contributed by atoms with Crippen LogP contribution in [-0.4, -0.2) is 15.1 Å². The van der Waals surface area contributed by atoms with Crippen molar-refractivity contribution in [2.24, 2.45) is 0 Å². The van der Waals surface area contributed by atoms with Crippen molar-refractivity contribution in [1.29, 1.82) is 0 Å². The van der Waals surface area contributed by atoms with Gasteiger partial charge in [-0.1, -0.05) is 16.9 Å². The van der Waals surface area contributed by atoms with E-state index in [1.54, 1.807) is 23.1 Å². The highest BCUT2D eigenvalue weighted by molar-refractivity contribution is 7.98. The second-order valence-electron chi connectivity index (χ2n) is 5.87. The van der Waals surface area contributed by atoms with Crippen LogP contribution in [0.25, 0.3) is 10.2 Å². The molecule has 0 bridgehead atoms. The fourth-order valence-electron chi connectivity index (χ4n) is 3.07. The molecule has 0 aromatic carbocycles. The molecule has 0 fully saturated rings. The lowest BCUT2D eigenvalue weighted by atomic mass is 9.97. The Labute approximate surface area is 142 Å². The SMILES string of the molecule is Cc1noc(C)c1CSc1nc(N)c2c3c(sc2n1)CCCC3. The molecule has 23 heavy (non-hydrogen) atoms. The molecule has 0 unspecified atom stereocenters. The van der Waals surface area contributed by atoms with Crippen LogP contribution in [-0.2, 0) is 18.6 Å². The summed E-state index contributed by atoms with van der Waals surface area (Å²) in [5.41, 5.74) is 9.67. The number of aromatic nitrogens is 3. The molecule has 1 aliphatic carbocycles. The van der Waals surface area contributed by atoms with Crippen molar-refractivity contribution in [3.63, 3.8) is 0 Å². The van der Waals surface area contributed by atoms with Crippen molar-refractivity contribution < 1.29 is 4.52 Å². The molecule has 5 nitrogen and oxygen atoms in total. The summed E-state index contributed by atoms with van der Waals surface area (Å²) in [6, 6.07) is 0. The monoisotopic (exact) mass is 346 g/mol. The van der Waals surface area contributed by atoms with Gasteiger partial charge in [0.05, 0.1) is 11.1 Å². The third-order valence-corrected chi connectivity index (χ3v) is 6.41. The minimum Gasteiger partial charge on any atom is -0.383 e. The van der Waals surface area contributed by atoms with E-state index in [4.69, 9.17) is 15.2 Å². The molecule has 0 atom stereocenters. The molecule has 2 N–H and O–H groups in total. The quantitative estimate of drug-likeness (QED) is 0.569. The molecule has 0 saturated carbocycles. The Bertz CT molecular complexity index is 864. The van der Waals surface area contributed by atoms with Gasteiger partial charge >= 0.3 is 0 Å². The summed E-state index contributed by atoms with van der Waals surface area (Å²) >= 11 is 3.37. The molecule has 0 aliphatic heterocycles. The first kappa shape index (κ1) is 15.0. The molecule has 3 heterocycles. The molecule has 3 aromatic heterocycles. The van der Waals surface area contributed by atoms with E-state index in [2.05, 4.69) is 10.1 Å². The second-order valence-corrected chi connectivity index (χ2v) is 7.90. The third kappa shape index (κ3) is 2.61. The van der Waals surface area contributed by atoms with E-state index in [0.29, 0.717) is 5.82 Å². The smallest absolute Gasteiger partial charge is 0.191 e. The summed E-state index contributed by atoms with van der Waals surface area (Å²) < 4.78 is 5.21. The predicted octanol–water partition coefficient (Wildman–Crippen LogP) is 4.05. The van der Waals surface area contributed by atoms with Crippen LogP contribution in [0.3, 0.4) is 0 Å². The van der Waals surface area contributed by atoms with Crippen LogP contribution in [0.4, 0.5) is 5.82 Å². The summed E-state index contributed by atoms with van der Waals surface area (Å²) in [5.74, 6) is 2.23. The first-order valence-electron chi connectivity index (χ1n) is 7.76. The Morgan fingerprint density at radius 1 is 1.22 bits per heavy atom. The van der Waals surface area contributed by atoms with Crippen LogP contribution < -0.4 is 5.73 Å². The first-order chi connectivity index (χ1) is 11.1. The van der Waals surface area contributed by atoms with Crippen LogP contribution in [0.5, 0.6) is 0 Å². The molecule has 3 aromatic rings. The minimum atomic E-state index is 0.621. The van der Waals surface area contributed by atoms with Crippen LogP contribution in [0.2, 0.25) is 0 Å².